The molecular weight excluding hydrogens is 548 g/mol. The maximum absolute atomic E-state index is 12.6. The van der Waals surface area contributed by atoms with Crippen LogP contribution in [0.1, 0.15) is 46.1 Å². The van der Waals surface area contributed by atoms with Crippen LogP contribution >= 0.6 is 0 Å². The van der Waals surface area contributed by atoms with Gasteiger partial charge in [-0.15, -0.1) is 0 Å². The van der Waals surface area contributed by atoms with Crippen LogP contribution < -0.4 is 15.0 Å². The van der Waals surface area contributed by atoms with E-state index in [0.29, 0.717) is 12.5 Å². The van der Waals surface area contributed by atoms with Gasteiger partial charge in [0.05, 0.1) is 11.2 Å². The predicted molar refractivity (Wildman–Crippen MR) is 180 cm³/mol. The summed E-state index contributed by atoms with van der Waals surface area (Å²) < 4.78 is 6.05. The molecule has 2 fully saturated rings. The van der Waals surface area contributed by atoms with Crippen LogP contribution in [0.2, 0.25) is 0 Å². The van der Waals surface area contributed by atoms with Crippen molar-refractivity contribution in [1.82, 2.24) is 19.8 Å². The molecule has 0 radical (unpaired) electrons. The molecule has 2 aliphatic rings. The Morgan fingerprint density at radius 2 is 1.73 bits per heavy atom. The Labute approximate surface area is 261 Å². The number of amides is 2. The van der Waals surface area contributed by atoms with Crippen LogP contribution in [-0.4, -0.2) is 78.2 Å². The molecule has 3 aromatic carbocycles. The third kappa shape index (κ3) is 7.02. The second-order valence-corrected chi connectivity index (χ2v) is 13.4. The van der Waals surface area contributed by atoms with E-state index in [9.17, 15) is 4.79 Å². The Morgan fingerprint density at radius 3 is 2.43 bits per heavy atom. The number of rotatable bonds is 7. The number of piperidine rings is 1. The molecule has 2 amide bonds. The Balaban J connectivity index is 0.983. The highest BCUT2D eigenvalue weighted by Gasteiger charge is 2.22. The molecule has 8 heteroatoms. The lowest BCUT2D eigenvalue weighted by Crippen LogP contribution is -2.47. The van der Waals surface area contributed by atoms with Gasteiger partial charge < -0.3 is 24.8 Å². The highest BCUT2D eigenvalue weighted by atomic mass is 16.5. The molecule has 4 aromatic rings. The van der Waals surface area contributed by atoms with Gasteiger partial charge in [-0.1, -0.05) is 58.0 Å². The van der Waals surface area contributed by atoms with Gasteiger partial charge in [-0.25, -0.2) is 9.78 Å². The van der Waals surface area contributed by atoms with Crippen molar-refractivity contribution < 1.29 is 9.53 Å². The lowest BCUT2D eigenvalue weighted by Gasteiger charge is -2.36. The number of hydrogen-bond acceptors (Lipinski definition) is 5. The number of hydrogen-bond donors (Lipinski definition) is 2. The Morgan fingerprint density at radius 1 is 0.977 bits per heavy atom. The van der Waals surface area contributed by atoms with Gasteiger partial charge in [0, 0.05) is 57.1 Å². The van der Waals surface area contributed by atoms with E-state index in [2.05, 4.69) is 90.3 Å². The quantitative estimate of drug-likeness (QED) is 0.241. The summed E-state index contributed by atoms with van der Waals surface area (Å²) in [6.45, 7) is 15.9. The number of benzene rings is 3. The monoisotopic (exact) mass is 594 g/mol. The zero-order valence-corrected chi connectivity index (χ0v) is 26.6. The van der Waals surface area contributed by atoms with Gasteiger partial charge in [-0.3, -0.25) is 4.90 Å². The van der Waals surface area contributed by atoms with E-state index in [1.165, 1.54) is 17.7 Å². The van der Waals surface area contributed by atoms with Crippen molar-refractivity contribution in [3.8, 4) is 17.1 Å². The van der Waals surface area contributed by atoms with Gasteiger partial charge in [-0.2, -0.15) is 0 Å². The molecule has 6 rings (SSSR count). The van der Waals surface area contributed by atoms with Crippen LogP contribution in [0.4, 0.5) is 16.2 Å². The van der Waals surface area contributed by atoms with Crippen LogP contribution in [0.15, 0.2) is 66.7 Å². The number of urea groups is 1. The van der Waals surface area contributed by atoms with Crippen molar-refractivity contribution in [1.29, 1.82) is 0 Å². The number of nitrogens with zero attached hydrogens (tertiary/aromatic N) is 4. The molecule has 2 N–H and O–H groups in total. The van der Waals surface area contributed by atoms with E-state index in [1.807, 2.05) is 29.2 Å². The summed E-state index contributed by atoms with van der Waals surface area (Å²) in [6, 6.07) is 22.9. The second kappa shape index (κ2) is 12.9. The molecule has 8 nitrogen and oxygen atoms in total. The number of carbonyl (C=O) groups is 1. The summed E-state index contributed by atoms with van der Waals surface area (Å²) >= 11 is 0. The summed E-state index contributed by atoms with van der Waals surface area (Å²) in [5.74, 6) is 2.30. The van der Waals surface area contributed by atoms with E-state index in [4.69, 9.17) is 9.72 Å². The minimum atomic E-state index is -0.0146. The molecule has 2 saturated heterocycles. The van der Waals surface area contributed by atoms with Crippen LogP contribution in [0.5, 0.6) is 5.75 Å². The number of aromatic nitrogens is 2. The summed E-state index contributed by atoms with van der Waals surface area (Å²) in [6.07, 6.45) is 2.27. The highest BCUT2D eigenvalue weighted by molar-refractivity contribution is 5.91. The van der Waals surface area contributed by atoms with Crippen LogP contribution in [0.25, 0.3) is 22.4 Å². The van der Waals surface area contributed by atoms with E-state index < -0.39 is 0 Å². The maximum Gasteiger partial charge on any atom is 0.321 e. The smallest absolute Gasteiger partial charge is 0.321 e. The van der Waals surface area contributed by atoms with Crippen LogP contribution in [0, 0.1) is 5.92 Å². The van der Waals surface area contributed by atoms with E-state index in [1.54, 1.807) is 0 Å². The van der Waals surface area contributed by atoms with Gasteiger partial charge >= 0.3 is 6.03 Å². The largest absolute Gasteiger partial charge is 0.492 e. The third-order valence-corrected chi connectivity index (χ3v) is 8.95. The normalized spacial score (nSPS) is 18.0. The molecule has 232 valence electrons. The standard InChI is InChI=1S/C36H46N6O2/c1-26-7-6-18-42(25-26)35(43)37-29-14-16-30(17-15-29)44-24-23-40-19-21-41(22-20-40)32-9-5-8-31-33(32)39-34(38-31)27-10-12-28(13-11-27)36(2,3)4/h5,8-17,26H,6-7,18-25H2,1-4H3,(H,37,43)(H,38,39). The molecule has 0 bridgehead atoms. The SMILES string of the molecule is CC1CCCN(C(=O)Nc2ccc(OCCN3CCN(c4cccc5[nH]c(-c6ccc(C(C)(C)C)cc6)nc45)CC3)cc2)C1. The molecule has 3 heterocycles. The first kappa shape index (κ1) is 30.0. The minimum absolute atomic E-state index is 0.0146. The zero-order valence-electron chi connectivity index (χ0n) is 26.6. The highest BCUT2D eigenvalue weighted by Crippen LogP contribution is 2.30. The van der Waals surface area contributed by atoms with Crippen molar-refractivity contribution in [2.75, 3.05) is 62.6 Å². The number of H-pyrrole nitrogens is 1. The first-order valence-electron chi connectivity index (χ1n) is 16.1. The molecule has 2 aliphatic heterocycles. The summed E-state index contributed by atoms with van der Waals surface area (Å²) in [7, 11) is 0. The lowest BCUT2D eigenvalue weighted by molar-refractivity contribution is 0.182. The van der Waals surface area contributed by atoms with Crippen molar-refractivity contribution in [3.05, 3.63) is 72.3 Å². The number of para-hydroxylation sites is 1. The molecule has 1 atom stereocenters. The van der Waals surface area contributed by atoms with Crippen molar-refractivity contribution >= 4 is 28.4 Å². The first-order valence-corrected chi connectivity index (χ1v) is 16.1. The minimum Gasteiger partial charge on any atom is -0.492 e. The predicted octanol–water partition coefficient (Wildman–Crippen LogP) is 6.99. The Bertz CT molecular complexity index is 1550. The number of piperazine rings is 1. The molecule has 0 spiro atoms. The molecule has 0 aliphatic carbocycles. The van der Waals surface area contributed by atoms with Gasteiger partial charge in [-0.05, 0) is 66.1 Å². The second-order valence-electron chi connectivity index (χ2n) is 13.4. The van der Waals surface area contributed by atoms with E-state index in [-0.39, 0.29) is 11.4 Å². The van der Waals surface area contributed by atoms with Crippen molar-refractivity contribution in [2.24, 2.45) is 5.92 Å². The summed E-state index contributed by atoms with van der Waals surface area (Å²) in [5.41, 5.74) is 6.65. The summed E-state index contributed by atoms with van der Waals surface area (Å²) in [4.78, 5) is 28.0. The number of nitrogens with one attached hydrogen (secondary N) is 2. The lowest BCUT2D eigenvalue weighted by atomic mass is 9.87. The number of imidazole rings is 1. The van der Waals surface area contributed by atoms with Gasteiger partial charge in [0.25, 0.3) is 0 Å². The Hall–Kier alpha value is -4.04. The zero-order chi connectivity index (χ0) is 30.7. The number of anilines is 2. The molecule has 1 unspecified atom stereocenters. The summed E-state index contributed by atoms with van der Waals surface area (Å²) in [5, 5.41) is 3.02. The van der Waals surface area contributed by atoms with Gasteiger partial charge in [0.15, 0.2) is 0 Å². The van der Waals surface area contributed by atoms with Crippen LogP contribution in [-0.2, 0) is 5.41 Å². The Kier molecular flexibility index (Phi) is 8.80. The van der Waals surface area contributed by atoms with E-state index >= 15 is 0 Å². The molecule has 44 heavy (non-hydrogen) atoms. The van der Waals surface area contributed by atoms with E-state index in [0.717, 1.165) is 86.1 Å². The molecule has 1 aromatic heterocycles. The number of likely N-dealkylation sites (tertiary alicyclic amines) is 1. The fraction of sp³-hybridized carbons (Fsp3) is 0.444. The topological polar surface area (TPSA) is 76.7 Å². The average Bonchev–Trinajstić information content (AvgIpc) is 3.47. The third-order valence-electron chi connectivity index (χ3n) is 8.95. The van der Waals surface area contributed by atoms with Crippen molar-refractivity contribution in [2.45, 2.75) is 46.0 Å². The first-order chi connectivity index (χ1) is 21.2. The van der Waals surface area contributed by atoms with Gasteiger partial charge in [0.1, 0.15) is 23.7 Å². The van der Waals surface area contributed by atoms with Gasteiger partial charge in [0.2, 0.25) is 0 Å². The fourth-order valence-electron chi connectivity index (χ4n) is 6.25. The maximum atomic E-state index is 12.6. The number of carbonyl (C=O) groups excluding carboxylic acids is 1. The average molecular weight is 595 g/mol. The molecule has 0 saturated carbocycles. The number of ether oxygens (including phenoxy) is 1. The van der Waals surface area contributed by atoms with Crippen molar-refractivity contribution in [3.63, 3.8) is 0 Å². The fourth-order valence-corrected chi connectivity index (χ4v) is 6.25. The number of fused-ring (bicyclic) bond motifs is 1. The number of aromatic amines is 1. The van der Waals surface area contributed by atoms with Crippen LogP contribution in [0.3, 0.4) is 0 Å². The molecular formula is C36H46N6O2.